The third-order valence-electron chi connectivity index (χ3n) is 2.88. The highest BCUT2D eigenvalue weighted by atomic mass is 79.9. The highest BCUT2D eigenvalue weighted by molar-refractivity contribution is 9.10. The molecule has 0 aliphatic carbocycles. The fourth-order valence-corrected chi connectivity index (χ4v) is 2.86. The van der Waals surface area contributed by atoms with Crippen molar-refractivity contribution in [1.82, 2.24) is 0 Å². The maximum Gasteiger partial charge on any atom is 0.0841 e. The molecule has 0 aliphatic heterocycles. The van der Waals surface area contributed by atoms with Crippen LogP contribution in [0.15, 0.2) is 51.4 Å². The lowest BCUT2D eigenvalue weighted by Gasteiger charge is -2.14. The summed E-state index contributed by atoms with van der Waals surface area (Å²) in [4.78, 5) is 0. The molecule has 2 rings (SSSR count). The molecule has 0 spiro atoms. The van der Waals surface area contributed by atoms with Gasteiger partial charge in [0.25, 0.3) is 0 Å². The molecule has 0 saturated carbocycles. The molecule has 1 unspecified atom stereocenters. The molecule has 0 aliphatic rings. The predicted octanol–water partition coefficient (Wildman–Crippen LogP) is 4.80. The van der Waals surface area contributed by atoms with E-state index in [1.54, 1.807) is 0 Å². The predicted molar refractivity (Wildman–Crippen MR) is 81.7 cm³/mol. The van der Waals surface area contributed by atoms with Crippen molar-refractivity contribution >= 4 is 31.9 Å². The summed E-state index contributed by atoms with van der Waals surface area (Å²) in [6.07, 6.45) is 0.0988. The van der Waals surface area contributed by atoms with E-state index in [1.807, 2.05) is 49.4 Å². The Balaban J connectivity index is 2.25. The molecule has 2 aromatic carbocycles. The number of hydrogen-bond donors (Lipinski definition) is 1. The summed E-state index contributed by atoms with van der Waals surface area (Å²) in [5, 5.41) is 10.4. The second kappa shape index (κ2) is 6.00. The van der Waals surface area contributed by atoms with Crippen molar-refractivity contribution in [1.29, 1.82) is 0 Å². The average Bonchev–Trinajstić information content (AvgIpc) is 2.35. The Morgan fingerprint density at radius 3 is 2.50 bits per heavy atom. The molecule has 0 heterocycles. The van der Waals surface area contributed by atoms with Gasteiger partial charge in [0.05, 0.1) is 6.10 Å². The SMILES string of the molecule is Cc1ccc(Br)c(C(O)Cc2ccccc2Br)c1. The monoisotopic (exact) mass is 368 g/mol. The summed E-state index contributed by atoms with van der Waals surface area (Å²) in [5.74, 6) is 0. The Labute approximate surface area is 124 Å². The molecule has 0 fully saturated rings. The van der Waals surface area contributed by atoms with Gasteiger partial charge in [0.2, 0.25) is 0 Å². The zero-order chi connectivity index (χ0) is 13.1. The van der Waals surface area contributed by atoms with Crippen molar-refractivity contribution in [3.05, 3.63) is 68.1 Å². The topological polar surface area (TPSA) is 20.2 Å². The van der Waals surface area contributed by atoms with Gasteiger partial charge in [-0.25, -0.2) is 0 Å². The molecule has 2 aromatic rings. The first-order valence-electron chi connectivity index (χ1n) is 5.75. The molecular formula is C15H14Br2O. The summed E-state index contributed by atoms with van der Waals surface area (Å²) < 4.78 is 1.99. The van der Waals surface area contributed by atoms with E-state index >= 15 is 0 Å². The average molecular weight is 370 g/mol. The Kier molecular flexibility index (Phi) is 4.60. The number of rotatable bonds is 3. The number of aliphatic hydroxyl groups is 1. The minimum Gasteiger partial charge on any atom is -0.388 e. The first kappa shape index (κ1) is 13.8. The van der Waals surface area contributed by atoms with Crippen LogP contribution in [-0.4, -0.2) is 5.11 Å². The zero-order valence-corrected chi connectivity index (χ0v) is 13.2. The van der Waals surface area contributed by atoms with Gasteiger partial charge in [0.15, 0.2) is 0 Å². The van der Waals surface area contributed by atoms with E-state index in [2.05, 4.69) is 31.9 Å². The molecule has 1 N–H and O–H groups in total. The second-order valence-corrected chi connectivity index (χ2v) is 6.04. The minimum absolute atomic E-state index is 0.502. The highest BCUT2D eigenvalue weighted by Gasteiger charge is 2.13. The Bertz CT molecular complexity index is 552. The third kappa shape index (κ3) is 3.22. The van der Waals surface area contributed by atoms with Crippen molar-refractivity contribution in [2.45, 2.75) is 19.4 Å². The lowest BCUT2D eigenvalue weighted by Crippen LogP contribution is -2.03. The van der Waals surface area contributed by atoms with Crippen LogP contribution in [0.5, 0.6) is 0 Å². The normalized spacial score (nSPS) is 12.4. The maximum absolute atomic E-state index is 10.4. The number of aryl methyl sites for hydroxylation is 1. The first-order valence-corrected chi connectivity index (χ1v) is 7.34. The van der Waals surface area contributed by atoms with E-state index in [1.165, 1.54) is 0 Å². The fraction of sp³-hybridized carbons (Fsp3) is 0.200. The van der Waals surface area contributed by atoms with Crippen LogP contribution in [0.3, 0.4) is 0 Å². The van der Waals surface area contributed by atoms with Crippen LogP contribution < -0.4 is 0 Å². The van der Waals surface area contributed by atoms with Crippen LogP contribution in [0.1, 0.15) is 22.8 Å². The zero-order valence-electron chi connectivity index (χ0n) is 10.0. The van der Waals surface area contributed by atoms with Crippen molar-refractivity contribution in [2.24, 2.45) is 0 Å². The van der Waals surface area contributed by atoms with Crippen LogP contribution in [0.25, 0.3) is 0 Å². The lowest BCUT2D eigenvalue weighted by molar-refractivity contribution is 0.177. The first-order chi connectivity index (χ1) is 8.58. The van der Waals surface area contributed by atoms with Gasteiger partial charge in [0, 0.05) is 15.4 Å². The molecule has 1 atom stereocenters. The Morgan fingerprint density at radius 1 is 1.06 bits per heavy atom. The quantitative estimate of drug-likeness (QED) is 0.824. The highest BCUT2D eigenvalue weighted by Crippen LogP contribution is 2.29. The van der Waals surface area contributed by atoms with Crippen molar-refractivity contribution in [2.75, 3.05) is 0 Å². The van der Waals surface area contributed by atoms with Crippen LogP contribution >= 0.6 is 31.9 Å². The lowest BCUT2D eigenvalue weighted by atomic mass is 10.00. The molecule has 1 nitrogen and oxygen atoms in total. The summed E-state index contributed by atoms with van der Waals surface area (Å²) in [5.41, 5.74) is 3.20. The molecule has 0 saturated heterocycles. The smallest absolute Gasteiger partial charge is 0.0841 e. The van der Waals surface area contributed by atoms with Gasteiger partial charge < -0.3 is 5.11 Å². The van der Waals surface area contributed by atoms with Gasteiger partial charge >= 0.3 is 0 Å². The number of hydrogen-bond acceptors (Lipinski definition) is 1. The van der Waals surface area contributed by atoms with Gasteiger partial charge in [-0.05, 0) is 30.2 Å². The summed E-state index contributed by atoms with van der Waals surface area (Å²) in [6, 6.07) is 14.0. The number of aliphatic hydroxyl groups excluding tert-OH is 1. The fourth-order valence-electron chi connectivity index (χ4n) is 1.90. The van der Waals surface area contributed by atoms with Crippen LogP contribution in [0.2, 0.25) is 0 Å². The molecule has 0 bridgehead atoms. The van der Waals surface area contributed by atoms with Crippen LogP contribution in [0.4, 0.5) is 0 Å². The minimum atomic E-state index is -0.502. The van der Waals surface area contributed by atoms with E-state index in [9.17, 15) is 5.11 Å². The van der Waals surface area contributed by atoms with Crippen LogP contribution in [0, 0.1) is 6.92 Å². The Hall–Kier alpha value is -0.640. The van der Waals surface area contributed by atoms with Gasteiger partial charge in [0.1, 0.15) is 0 Å². The van der Waals surface area contributed by atoms with E-state index in [4.69, 9.17) is 0 Å². The number of benzene rings is 2. The van der Waals surface area contributed by atoms with Crippen molar-refractivity contribution in [3.63, 3.8) is 0 Å². The van der Waals surface area contributed by atoms with Gasteiger partial charge in [-0.3, -0.25) is 0 Å². The standard InChI is InChI=1S/C15H14Br2O/c1-10-6-7-14(17)12(8-10)15(18)9-11-4-2-3-5-13(11)16/h2-8,15,18H,9H2,1H3. The molecular weight excluding hydrogens is 356 g/mol. The summed E-state index contributed by atoms with van der Waals surface area (Å²) in [6.45, 7) is 2.03. The van der Waals surface area contributed by atoms with E-state index in [-0.39, 0.29) is 0 Å². The van der Waals surface area contributed by atoms with Gasteiger partial charge in [-0.2, -0.15) is 0 Å². The summed E-state index contributed by atoms with van der Waals surface area (Å²) in [7, 11) is 0. The van der Waals surface area contributed by atoms with Crippen molar-refractivity contribution in [3.8, 4) is 0 Å². The third-order valence-corrected chi connectivity index (χ3v) is 4.38. The molecule has 3 heteroatoms. The molecule has 0 aromatic heterocycles. The number of halogens is 2. The van der Waals surface area contributed by atoms with Crippen LogP contribution in [-0.2, 0) is 6.42 Å². The molecule has 94 valence electrons. The van der Waals surface area contributed by atoms with Gasteiger partial charge in [-0.1, -0.05) is 67.8 Å². The molecule has 0 amide bonds. The maximum atomic E-state index is 10.4. The van der Waals surface area contributed by atoms with Crippen molar-refractivity contribution < 1.29 is 5.11 Å². The van der Waals surface area contributed by atoms with Gasteiger partial charge in [-0.15, -0.1) is 0 Å². The van der Waals surface area contributed by atoms with E-state index in [0.29, 0.717) is 6.42 Å². The largest absolute Gasteiger partial charge is 0.388 e. The molecule has 18 heavy (non-hydrogen) atoms. The Morgan fingerprint density at radius 2 is 1.78 bits per heavy atom. The summed E-state index contributed by atoms with van der Waals surface area (Å²) >= 11 is 7.00. The second-order valence-electron chi connectivity index (χ2n) is 4.34. The molecule has 0 radical (unpaired) electrons. The van der Waals surface area contributed by atoms with E-state index < -0.39 is 6.10 Å². The van der Waals surface area contributed by atoms with E-state index in [0.717, 1.165) is 25.6 Å².